The molecule has 0 N–H and O–H groups in total. The van der Waals surface area contributed by atoms with Crippen molar-refractivity contribution in [2.75, 3.05) is 6.61 Å². The second kappa shape index (κ2) is 6.37. The molecule has 0 aromatic heterocycles. The summed E-state index contributed by atoms with van der Waals surface area (Å²) in [6.07, 6.45) is 0. The van der Waals surface area contributed by atoms with E-state index in [0.29, 0.717) is 6.61 Å². The molecule has 0 fully saturated rings. The Bertz CT molecular complexity index is 863. The minimum Gasteiger partial charge on any atom is -0.493 e. The van der Waals surface area contributed by atoms with Crippen molar-refractivity contribution in [1.29, 1.82) is 0 Å². The summed E-state index contributed by atoms with van der Waals surface area (Å²) >= 11 is 0. The van der Waals surface area contributed by atoms with Crippen LogP contribution < -0.4 is 0 Å². The van der Waals surface area contributed by atoms with Crippen LogP contribution in [0.4, 0.5) is 0 Å². The third-order valence-electron chi connectivity index (χ3n) is 4.56. The van der Waals surface area contributed by atoms with Gasteiger partial charge in [0.2, 0.25) is 0 Å². The van der Waals surface area contributed by atoms with Crippen LogP contribution in [-0.2, 0) is 4.74 Å². The van der Waals surface area contributed by atoms with E-state index in [1.807, 2.05) is 6.92 Å². The fourth-order valence-corrected chi connectivity index (χ4v) is 3.59. The number of hydrogen-bond acceptors (Lipinski definition) is 1. The maximum atomic E-state index is 6.13. The van der Waals surface area contributed by atoms with E-state index in [0.717, 1.165) is 5.76 Å². The molecule has 4 rings (SSSR count). The average Bonchev–Trinajstić information content (AvgIpc) is 2.98. The molecular formula is C23H20O. The Morgan fingerprint density at radius 3 is 2.08 bits per heavy atom. The molecule has 118 valence electrons. The number of hydrogen-bond donors (Lipinski definition) is 0. The van der Waals surface area contributed by atoms with Gasteiger partial charge in [-0.05, 0) is 23.6 Å². The molecule has 1 aliphatic rings. The first kappa shape index (κ1) is 14.8. The second-order valence-corrected chi connectivity index (χ2v) is 5.97. The van der Waals surface area contributed by atoms with Gasteiger partial charge in [0, 0.05) is 17.1 Å². The van der Waals surface area contributed by atoms with Gasteiger partial charge in [-0.1, -0.05) is 84.9 Å². The van der Waals surface area contributed by atoms with E-state index in [1.54, 1.807) is 0 Å². The van der Waals surface area contributed by atoms with Gasteiger partial charge in [-0.3, -0.25) is 0 Å². The summed E-state index contributed by atoms with van der Waals surface area (Å²) in [5, 5.41) is 0. The lowest BCUT2D eigenvalue weighted by molar-refractivity contribution is 0.300. The van der Waals surface area contributed by atoms with E-state index >= 15 is 0 Å². The van der Waals surface area contributed by atoms with Crippen molar-refractivity contribution in [2.24, 2.45) is 0 Å². The van der Waals surface area contributed by atoms with Gasteiger partial charge in [-0.2, -0.15) is 0 Å². The van der Waals surface area contributed by atoms with Crippen LogP contribution in [0, 0.1) is 0 Å². The summed E-state index contributed by atoms with van der Waals surface area (Å²) < 4.78 is 6.13. The van der Waals surface area contributed by atoms with Crippen molar-refractivity contribution < 1.29 is 4.74 Å². The maximum Gasteiger partial charge on any atom is 0.131 e. The van der Waals surface area contributed by atoms with Crippen LogP contribution in [0.1, 0.15) is 35.1 Å². The van der Waals surface area contributed by atoms with Crippen molar-refractivity contribution in [1.82, 2.24) is 0 Å². The molecule has 0 aliphatic heterocycles. The SMILES string of the molecule is CCOC1=C(c2ccccc2)C(c2ccccc2)c2ccccc21. The van der Waals surface area contributed by atoms with Crippen LogP contribution in [0.5, 0.6) is 0 Å². The fraction of sp³-hybridized carbons (Fsp3) is 0.130. The zero-order valence-electron chi connectivity index (χ0n) is 13.8. The van der Waals surface area contributed by atoms with Gasteiger partial charge in [0.05, 0.1) is 6.61 Å². The molecule has 0 saturated heterocycles. The minimum absolute atomic E-state index is 0.214. The lowest BCUT2D eigenvalue weighted by Crippen LogP contribution is -2.01. The summed E-state index contributed by atoms with van der Waals surface area (Å²) in [6, 6.07) is 29.9. The largest absolute Gasteiger partial charge is 0.493 e. The second-order valence-electron chi connectivity index (χ2n) is 5.97. The maximum absolute atomic E-state index is 6.13. The standard InChI is InChI=1S/C23H20O/c1-2-24-23-20-16-10-9-15-19(20)21(17-11-5-3-6-12-17)22(23)18-13-7-4-8-14-18/h3-16,21H,2H2,1H3. The molecule has 0 bridgehead atoms. The number of rotatable bonds is 4. The zero-order chi connectivity index (χ0) is 16.4. The Morgan fingerprint density at radius 2 is 1.38 bits per heavy atom. The summed E-state index contributed by atoms with van der Waals surface area (Å²) in [6.45, 7) is 2.72. The van der Waals surface area contributed by atoms with Gasteiger partial charge < -0.3 is 4.74 Å². The van der Waals surface area contributed by atoms with Crippen LogP contribution in [0.3, 0.4) is 0 Å². The van der Waals surface area contributed by atoms with E-state index in [4.69, 9.17) is 4.74 Å². The first-order chi connectivity index (χ1) is 11.9. The highest BCUT2D eigenvalue weighted by atomic mass is 16.5. The Hall–Kier alpha value is -2.80. The van der Waals surface area contributed by atoms with E-state index < -0.39 is 0 Å². The van der Waals surface area contributed by atoms with Crippen molar-refractivity contribution >= 4 is 11.3 Å². The fourth-order valence-electron chi connectivity index (χ4n) is 3.59. The molecule has 0 radical (unpaired) electrons. The third kappa shape index (κ3) is 2.43. The smallest absolute Gasteiger partial charge is 0.131 e. The van der Waals surface area contributed by atoms with Crippen LogP contribution >= 0.6 is 0 Å². The van der Waals surface area contributed by atoms with Gasteiger partial charge >= 0.3 is 0 Å². The first-order valence-electron chi connectivity index (χ1n) is 8.46. The Kier molecular flexibility index (Phi) is 3.92. The Morgan fingerprint density at radius 1 is 0.750 bits per heavy atom. The van der Waals surface area contributed by atoms with Crippen molar-refractivity contribution in [3.05, 3.63) is 107 Å². The minimum atomic E-state index is 0.214. The predicted octanol–water partition coefficient (Wildman–Crippen LogP) is 5.74. The molecule has 24 heavy (non-hydrogen) atoms. The molecule has 0 amide bonds. The average molecular weight is 312 g/mol. The molecule has 1 heteroatoms. The predicted molar refractivity (Wildman–Crippen MR) is 99.6 cm³/mol. The van der Waals surface area contributed by atoms with Crippen molar-refractivity contribution in [2.45, 2.75) is 12.8 Å². The lowest BCUT2D eigenvalue weighted by atomic mass is 9.85. The van der Waals surface area contributed by atoms with Gasteiger partial charge in [-0.25, -0.2) is 0 Å². The summed E-state index contributed by atoms with van der Waals surface area (Å²) in [4.78, 5) is 0. The quantitative estimate of drug-likeness (QED) is 0.597. The highest BCUT2D eigenvalue weighted by molar-refractivity contribution is 5.98. The highest BCUT2D eigenvalue weighted by Crippen LogP contribution is 2.50. The molecule has 1 nitrogen and oxygen atoms in total. The summed E-state index contributed by atoms with van der Waals surface area (Å²) in [5.41, 5.74) is 6.34. The first-order valence-corrected chi connectivity index (χ1v) is 8.46. The number of fused-ring (bicyclic) bond motifs is 1. The molecule has 0 spiro atoms. The normalized spacial score (nSPS) is 16.1. The molecule has 3 aromatic rings. The van der Waals surface area contributed by atoms with Crippen LogP contribution in [-0.4, -0.2) is 6.61 Å². The summed E-state index contributed by atoms with van der Waals surface area (Å²) in [5.74, 6) is 1.24. The monoisotopic (exact) mass is 312 g/mol. The molecular weight excluding hydrogens is 292 g/mol. The topological polar surface area (TPSA) is 9.23 Å². The van der Waals surface area contributed by atoms with Crippen LogP contribution in [0.2, 0.25) is 0 Å². The van der Waals surface area contributed by atoms with E-state index in [-0.39, 0.29) is 5.92 Å². The Labute approximate surface area is 143 Å². The van der Waals surface area contributed by atoms with Gasteiger partial charge in [-0.15, -0.1) is 0 Å². The number of ether oxygens (including phenoxy) is 1. The highest BCUT2D eigenvalue weighted by Gasteiger charge is 2.34. The number of allylic oxidation sites excluding steroid dienone is 1. The van der Waals surface area contributed by atoms with Gasteiger partial charge in [0.15, 0.2) is 0 Å². The van der Waals surface area contributed by atoms with Crippen molar-refractivity contribution in [3.63, 3.8) is 0 Å². The third-order valence-corrected chi connectivity index (χ3v) is 4.56. The van der Waals surface area contributed by atoms with Crippen LogP contribution in [0.25, 0.3) is 11.3 Å². The Balaban J connectivity index is 1.98. The van der Waals surface area contributed by atoms with Crippen molar-refractivity contribution in [3.8, 4) is 0 Å². The van der Waals surface area contributed by atoms with E-state index in [2.05, 4.69) is 84.9 Å². The van der Waals surface area contributed by atoms with E-state index in [1.165, 1.54) is 27.8 Å². The zero-order valence-corrected chi connectivity index (χ0v) is 13.8. The molecule has 1 aliphatic carbocycles. The molecule has 3 aromatic carbocycles. The van der Waals surface area contributed by atoms with E-state index in [9.17, 15) is 0 Å². The number of benzene rings is 3. The van der Waals surface area contributed by atoms with Gasteiger partial charge in [0.25, 0.3) is 0 Å². The lowest BCUT2D eigenvalue weighted by Gasteiger charge is -2.18. The van der Waals surface area contributed by atoms with Crippen LogP contribution in [0.15, 0.2) is 84.9 Å². The summed E-state index contributed by atoms with van der Waals surface area (Å²) in [7, 11) is 0. The molecule has 0 heterocycles. The molecule has 1 unspecified atom stereocenters. The molecule has 1 atom stereocenters. The molecule has 0 saturated carbocycles. The van der Waals surface area contributed by atoms with Gasteiger partial charge in [0.1, 0.15) is 5.76 Å².